The number of aromatic nitrogens is 2. The Morgan fingerprint density at radius 3 is 2.52 bits per heavy atom. The molecule has 3 rings (SSSR count). The maximum absolute atomic E-state index is 11.1. The van der Waals surface area contributed by atoms with Crippen LogP contribution < -0.4 is 0 Å². The second-order valence-electron chi connectivity index (χ2n) is 7.19. The molecule has 1 fully saturated rings. The summed E-state index contributed by atoms with van der Waals surface area (Å²) in [5.74, 6) is 11.0. The average molecular weight is 396 g/mol. The van der Waals surface area contributed by atoms with Gasteiger partial charge in [0, 0.05) is 17.8 Å². The van der Waals surface area contributed by atoms with Crippen LogP contribution in [-0.2, 0) is 4.74 Å². The molecule has 7 heteroatoms. The fraction of sp³-hybridized carbons (Fsp3) is 0.409. The van der Waals surface area contributed by atoms with Crippen molar-refractivity contribution in [3.05, 3.63) is 53.9 Å². The van der Waals surface area contributed by atoms with Crippen LogP contribution in [0, 0.1) is 23.7 Å². The van der Waals surface area contributed by atoms with Crippen molar-refractivity contribution in [3.8, 4) is 23.7 Å². The summed E-state index contributed by atoms with van der Waals surface area (Å²) in [4.78, 5) is 0. The van der Waals surface area contributed by atoms with Gasteiger partial charge >= 0.3 is 0 Å². The fourth-order valence-electron chi connectivity index (χ4n) is 2.94. The number of hydrogen-bond acceptors (Lipinski definition) is 6. The molecular weight excluding hydrogens is 372 g/mol. The lowest BCUT2D eigenvalue weighted by molar-refractivity contribution is -0.239. The van der Waals surface area contributed by atoms with Gasteiger partial charge in [-0.15, -0.1) is 0 Å². The van der Waals surface area contributed by atoms with E-state index >= 15 is 0 Å². The molecular formula is C22H24N2O5. The average Bonchev–Trinajstić information content (AvgIpc) is 3.20. The molecule has 7 nitrogen and oxygen atoms in total. The Labute approximate surface area is 169 Å². The summed E-state index contributed by atoms with van der Waals surface area (Å²) in [6, 6.07) is 9.09. The number of ether oxygens (including phenoxy) is 1. The van der Waals surface area contributed by atoms with Gasteiger partial charge in [-0.05, 0) is 26.0 Å². The van der Waals surface area contributed by atoms with Gasteiger partial charge < -0.3 is 25.2 Å². The third-order valence-electron chi connectivity index (χ3n) is 4.70. The monoisotopic (exact) mass is 396 g/mol. The van der Waals surface area contributed by atoms with E-state index in [-0.39, 0.29) is 6.04 Å². The molecule has 29 heavy (non-hydrogen) atoms. The molecule has 1 aromatic heterocycles. The number of aliphatic hydroxyl groups excluding tert-OH is 3. The summed E-state index contributed by atoms with van der Waals surface area (Å²) in [7, 11) is 0. The molecule has 1 aliphatic rings. The number of rotatable bonds is 2. The van der Waals surface area contributed by atoms with Gasteiger partial charge in [-0.2, -0.15) is 5.10 Å². The first-order chi connectivity index (χ1) is 13.8. The molecule has 2 aromatic rings. The summed E-state index contributed by atoms with van der Waals surface area (Å²) in [6.07, 6.45) is -2.21. The zero-order valence-electron chi connectivity index (χ0n) is 16.2. The second kappa shape index (κ2) is 8.79. The molecule has 0 amide bonds. The predicted octanol–water partition coefficient (Wildman–Crippen LogP) is 0.0798. The van der Waals surface area contributed by atoms with Crippen molar-refractivity contribution in [3.63, 3.8) is 0 Å². The van der Waals surface area contributed by atoms with E-state index < -0.39 is 36.6 Å². The lowest BCUT2D eigenvalue weighted by Gasteiger charge is -2.43. The summed E-state index contributed by atoms with van der Waals surface area (Å²) < 4.78 is 7.32. The lowest BCUT2D eigenvalue weighted by atomic mass is 9.82. The normalized spacial score (nSPS) is 28.9. The summed E-state index contributed by atoms with van der Waals surface area (Å²) in [5, 5.41) is 45.5. The Morgan fingerprint density at radius 1 is 1.17 bits per heavy atom. The van der Waals surface area contributed by atoms with Gasteiger partial charge in [0.2, 0.25) is 0 Å². The van der Waals surface area contributed by atoms with E-state index in [9.17, 15) is 20.4 Å². The maximum atomic E-state index is 11.1. The van der Waals surface area contributed by atoms with Crippen molar-refractivity contribution < 1.29 is 25.2 Å². The Balaban J connectivity index is 1.96. The van der Waals surface area contributed by atoms with E-state index in [0.717, 1.165) is 0 Å². The van der Waals surface area contributed by atoms with Crippen LogP contribution >= 0.6 is 0 Å². The Bertz CT molecular complexity index is 950. The van der Waals surface area contributed by atoms with Crippen LogP contribution in [0.15, 0.2) is 42.7 Å². The van der Waals surface area contributed by atoms with Crippen LogP contribution in [0.4, 0.5) is 0 Å². The maximum Gasteiger partial charge on any atom is 0.191 e. The lowest BCUT2D eigenvalue weighted by Crippen LogP contribution is -2.65. The Kier molecular flexibility index (Phi) is 6.39. The first-order valence-corrected chi connectivity index (χ1v) is 9.34. The molecule has 1 aliphatic heterocycles. The van der Waals surface area contributed by atoms with Crippen LogP contribution in [0.1, 0.15) is 31.0 Å². The third-order valence-corrected chi connectivity index (χ3v) is 4.70. The van der Waals surface area contributed by atoms with Gasteiger partial charge in [0.25, 0.3) is 0 Å². The SMILES string of the molecule is CC(C)n1cc(C#C[C@H]2O[C@H](CO)[C@@H](O)[C@H](O)[C@@]2(O)C#Cc2ccccc2)cn1. The third kappa shape index (κ3) is 4.51. The molecule has 0 bridgehead atoms. The van der Waals surface area contributed by atoms with Crippen molar-refractivity contribution >= 4 is 0 Å². The standard InChI is InChI=1S/C22H24N2O5/c1-15(2)24-13-17(12-23-24)8-9-19-22(28,11-10-16-6-4-3-5-7-16)21(27)20(26)18(14-25)29-19/h3-7,12-13,15,18-21,25-28H,14H2,1-2H3/t18-,19-,20-,21+,22-/m1/s1. The fourth-order valence-corrected chi connectivity index (χ4v) is 2.94. The van der Waals surface area contributed by atoms with E-state index in [4.69, 9.17) is 4.74 Å². The highest BCUT2D eigenvalue weighted by Crippen LogP contribution is 2.30. The van der Waals surface area contributed by atoms with E-state index in [1.54, 1.807) is 41.3 Å². The zero-order chi connectivity index (χ0) is 21.0. The van der Waals surface area contributed by atoms with Crippen LogP contribution in [-0.4, -0.2) is 66.8 Å². The summed E-state index contributed by atoms with van der Waals surface area (Å²) in [6.45, 7) is 3.43. The van der Waals surface area contributed by atoms with E-state index in [2.05, 4.69) is 28.8 Å². The zero-order valence-corrected chi connectivity index (χ0v) is 16.2. The van der Waals surface area contributed by atoms with E-state index in [1.807, 2.05) is 19.9 Å². The molecule has 0 spiro atoms. The smallest absolute Gasteiger partial charge is 0.191 e. The van der Waals surface area contributed by atoms with Gasteiger partial charge in [-0.25, -0.2) is 0 Å². The molecule has 1 saturated heterocycles. The highest BCUT2D eigenvalue weighted by molar-refractivity contribution is 5.41. The highest BCUT2D eigenvalue weighted by Gasteiger charge is 2.53. The van der Waals surface area contributed by atoms with Crippen LogP contribution in [0.25, 0.3) is 0 Å². The minimum atomic E-state index is -2.15. The van der Waals surface area contributed by atoms with E-state index in [1.165, 1.54) is 0 Å². The van der Waals surface area contributed by atoms with E-state index in [0.29, 0.717) is 11.1 Å². The first-order valence-electron chi connectivity index (χ1n) is 9.34. The Morgan fingerprint density at radius 2 is 1.90 bits per heavy atom. The van der Waals surface area contributed by atoms with Crippen molar-refractivity contribution in [2.24, 2.45) is 0 Å². The number of hydrogen-bond donors (Lipinski definition) is 4. The van der Waals surface area contributed by atoms with Crippen molar-refractivity contribution in [1.29, 1.82) is 0 Å². The number of aliphatic hydroxyl groups is 4. The van der Waals surface area contributed by atoms with Crippen molar-refractivity contribution in [2.75, 3.05) is 6.61 Å². The van der Waals surface area contributed by atoms with Crippen LogP contribution in [0.3, 0.4) is 0 Å². The topological polar surface area (TPSA) is 108 Å². The van der Waals surface area contributed by atoms with Gasteiger partial charge in [-0.3, -0.25) is 4.68 Å². The van der Waals surface area contributed by atoms with Crippen LogP contribution in [0.5, 0.6) is 0 Å². The molecule has 1 aromatic carbocycles. The summed E-state index contributed by atoms with van der Waals surface area (Å²) in [5.41, 5.74) is -0.930. The first kappa shape index (κ1) is 21.1. The molecule has 152 valence electrons. The van der Waals surface area contributed by atoms with Gasteiger partial charge in [0.15, 0.2) is 11.7 Å². The molecule has 0 saturated carbocycles. The minimum absolute atomic E-state index is 0.167. The van der Waals surface area contributed by atoms with Gasteiger partial charge in [-0.1, -0.05) is 41.9 Å². The van der Waals surface area contributed by atoms with Gasteiger partial charge in [0.1, 0.15) is 18.3 Å². The Hall–Kier alpha value is -2.65. The molecule has 0 radical (unpaired) electrons. The summed E-state index contributed by atoms with van der Waals surface area (Å²) >= 11 is 0. The molecule has 0 aliphatic carbocycles. The van der Waals surface area contributed by atoms with Crippen molar-refractivity contribution in [1.82, 2.24) is 9.78 Å². The quantitative estimate of drug-likeness (QED) is 0.536. The second-order valence-corrected chi connectivity index (χ2v) is 7.19. The molecule has 2 heterocycles. The minimum Gasteiger partial charge on any atom is -0.394 e. The molecule has 0 unspecified atom stereocenters. The molecule has 5 atom stereocenters. The number of benzene rings is 1. The van der Waals surface area contributed by atoms with Crippen molar-refractivity contribution in [2.45, 2.75) is 49.9 Å². The number of nitrogens with zero attached hydrogens (tertiary/aromatic N) is 2. The van der Waals surface area contributed by atoms with Gasteiger partial charge in [0.05, 0.1) is 18.4 Å². The van der Waals surface area contributed by atoms with Crippen LogP contribution in [0.2, 0.25) is 0 Å². The predicted molar refractivity (Wildman–Crippen MR) is 106 cm³/mol. The highest BCUT2D eigenvalue weighted by atomic mass is 16.5. The molecule has 4 N–H and O–H groups in total. The largest absolute Gasteiger partial charge is 0.394 e.